The molecule has 0 saturated heterocycles. The van der Waals surface area contributed by atoms with Crippen LogP contribution >= 0.6 is 0 Å². The van der Waals surface area contributed by atoms with Gasteiger partial charge in [0, 0.05) is 29.4 Å². The van der Waals surface area contributed by atoms with Gasteiger partial charge in [0.25, 0.3) is 0 Å². The van der Waals surface area contributed by atoms with E-state index in [2.05, 4.69) is 25.3 Å². The summed E-state index contributed by atoms with van der Waals surface area (Å²) in [6.07, 6.45) is 7.01. The van der Waals surface area contributed by atoms with E-state index in [0.717, 1.165) is 36.8 Å². The monoisotopic (exact) mass is 506 g/mol. The molecule has 1 saturated carbocycles. The van der Waals surface area contributed by atoms with Crippen LogP contribution < -0.4 is 11.1 Å². The Labute approximate surface area is 209 Å². The molecule has 10 heteroatoms. The topological polar surface area (TPSA) is 124 Å². The zero-order chi connectivity index (χ0) is 25.3. The number of nitrogens with zero attached hydrogens (tertiary/aromatic N) is 4. The lowest BCUT2D eigenvalue weighted by Crippen LogP contribution is -2.33. The van der Waals surface area contributed by atoms with Crippen molar-refractivity contribution in [2.45, 2.75) is 55.5 Å². The van der Waals surface area contributed by atoms with Crippen LogP contribution in [-0.2, 0) is 15.6 Å². The summed E-state index contributed by atoms with van der Waals surface area (Å²) in [4.78, 5) is 17.6. The molecule has 0 bridgehead atoms. The van der Waals surface area contributed by atoms with E-state index in [-0.39, 0.29) is 16.6 Å². The maximum absolute atomic E-state index is 14.9. The molecule has 0 unspecified atom stereocenters. The van der Waals surface area contributed by atoms with Crippen molar-refractivity contribution in [3.63, 3.8) is 0 Å². The van der Waals surface area contributed by atoms with Crippen LogP contribution in [0.5, 0.6) is 0 Å². The minimum atomic E-state index is -3.76. The molecule has 36 heavy (non-hydrogen) atoms. The second-order valence-corrected chi connectivity index (χ2v) is 11.2. The van der Waals surface area contributed by atoms with Crippen molar-refractivity contribution < 1.29 is 12.8 Å². The highest BCUT2D eigenvalue weighted by atomic mass is 32.2. The van der Waals surface area contributed by atoms with Gasteiger partial charge in [-0.2, -0.15) is 0 Å². The summed E-state index contributed by atoms with van der Waals surface area (Å²) in [6, 6.07) is 11.5. The summed E-state index contributed by atoms with van der Waals surface area (Å²) < 4.78 is 40.1. The standard InChI is InChI=1S/C26H27FN6O2S/c1-16-12-22(32-23-14-30-26(33-25(16)23)31-20-9-7-19(28)8-10-20)17-5-6-18(21(27)13-17)15-36(34,35)24-4-2-3-11-29-24/h2-6,11-14,19-20H,7-10,15,28H2,1H3,(H,30,31,33). The third-order valence-electron chi connectivity index (χ3n) is 6.49. The lowest BCUT2D eigenvalue weighted by atomic mass is 9.92. The maximum atomic E-state index is 14.9. The van der Waals surface area contributed by atoms with Crippen molar-refractivity contribution >= 4 is 26.8 Å². The fourth-order valence-electron chi connectivity index (χ4n) is 4.48. The number of benzene rings is 1. The number of halogens is 1. The van der Waals surface area contributed by atoms with Gasteiger partial charge in [0.2, 0.25) is 5.95 Å². The van der Waals surface area contributed by atoms with Crippen molar-refractivity contribution in [2.24, 2.45) is 5.73 Å². The van der Waals surface area contributed by atoms with Crippen LogP contribution in [0.3, 0.4) is 0 Å². The Balaban J connectivity index is 1.38. The first-order valence-corrected chi connectivity index (χ1v) is 13.5. The molecule has 1 fully saturated rings. The minimum absolute atomic E-state index is 0.0737. The first-order valence-electron chi connectivity index (χ1n) is 11.9. The maximum Gasteiger partial charge on any atom is 0.223 e. The average Bonchev–Trinajstić information content (AvgIpc) is 2.87. The van der Waals surface area contributed by atoms with E-state index in [0.29, 0.717) is 28.8 Å². The number of sulfone groups is 1. The number of hydrogen-bond donors (Lipinski definition) is 2. The molecule has 1 aliphatic carbocycles. The average molecular weight is 507 g/mol. The van der Waals surface area contributed by atoms with Crippen LogP contribution in [0.4, 0.5) is 10.3 Å². The summed E-state index contributed by atoms with van der Waals surface area (Å²) in [5, 5.41) is 3.32. The van der Waals surface area contributed by atoms with Crippen molar-refractivity contribution in [3.05, 3.63) is 71.8 Å². The number of nitrogens with two attached hydrogens (primary N) is 1. The molecule has 0 amide bonds. The molecular weight excluding hydrogens is 479 g/mol. The fraction of sp³-hybridized carbons (Fsp3) is 0.308. The number of pyridine rings is 2. The van der Waals surface area contributed by atoms with E-state index in [1.165, 1.54) is 24.4 Å². The number of aromatic nitrogens is 4. The number of anilines is 1. The number of rotatable bonds is 6. The molecule has 8 nitrogen and oxygen atoms in total. The van der Waals surface area contributed by atoms with E-state index < -0.39 is 21.4 Å². The van der Waals surface area contributed by atoms with Gasteiger partial charge in [0.15, 0.2) is 14.9 Å². The van der Waals surface area contributed by atoms with Crippen molar-refractivity contribution in [3.8, 4) is 11.3 Å². The Bertz CT molecular complexity index is 1510. The molecule has 0 aliphatic heterocycles. The molecule has 1 aliphatic rings. The highest BCUT2D eigenvalue weighted by Crippen LogP contribution is 2.27. The fourth-order valence-corrected chi connectivity index (χ4v) is 5.78. The van der Waals surface area contributed by atoms with Crippen molar-refractivity contribution in [2.75, 3.05) is 5.32 Å². The molecule has 5 rings (SSSR count). The van der Waals surface area contributed by atoms with Gasteiger partial charge >= 0.3 is 0 Å². The third kappa shape index (κ3) is 5.19. The van der Waals surface area contributed by atoms with Gasteiger partial charge in [-0.25, -0.2) is 32.7 Å². The predicted molar refractivity (Wildman–Crippen MR) is 136 cm³/mol. The summed E-state index contributed by atoms with van der Waals surface area (Å²) >= 11 is 0. The zero-order valence-electron chi connectivity index (χ0n) is 19.9. The number of aryl methyl sites for hydroxylation is 1. The van der Waals surface area contributed by atoms with E-state index in [1.54, 1.807) is 24.4 Å². The van der Waals surface area contributed by atoms with Crippen LogP contribution in [0.15, 0.2) is 59.9 Å². The molecule has 3 aromatic heterocycles. The molecule has 186 valence electrons. The van der Waals surface area contributed by atoms with Gasteiger partial charge in [-0.1, -0.05) is 18.2 Å². The predicted octanol–water partition coefficient (Wildman–Crippen LogP) is 4.19. The quantitative estimate of drug-likeness (QED) is 0.399. The van der Waals surface area contributed by atoms with Crippen molar-refractivity contribution in [1.82, 2.24) is 19.9 Å². The Morgan fingerprint density at radius 3 is 2.58 bits per heavy atom. The van der Waals surface area contributed by atoms with Crippen LogP contribution in [0.1, 0.15) is 36.8 Å². The zero-order valence-corrected chi connectivity index (χ0v) is 20.7. The molecule has 0 radical (unpaired) electrons. The normalized spacial score (nSPS) is 18.3. The third-order valence-corrected chi connectivity index (χ3v) is 8.06. The van der Waals surface area contributed by atoms with Crippen LogP contribution in [0, 0.1) is 12.7 Å². The van der Waals surface area contributed by atoms with E-state index >= 15 is 0 Å². The van der Waals surface area contributed by atoms with E-state index in [4.69, 9.17) is 5.73 Å². The lowest BCUT2D eigenvalue weighted by molar-refractivity contribution is 0.410. The lowest BCUT2D eigenvalue weighted by Gasteiger charge is -2.26. The van der Waals surface area contributed by atoms with Gasteiger partial charge < -0.3 is 11.1 Å². The van der Waals surface area contributed by atoms with Crippen LogP contribution in [0.2, 0.25) is 0 Å². The molecular formula is C26H27FN6O2S. The van der Waals surface area contributed by atoms with Gasteiger partial charge in [-0.3, -0.25) is 0 Å². The number of nitrogens with one attached hydrogen (secondary N) is 1. The largest absolute Gasteiger partial charge is 0.351 e. The Morgan fingerprint density at radius 2 is 1.86 bits per heavy atom. The van der Waals surface area contributed by atoms with E-state index in [9.17, 15) is 12.8 Å². The summed E-state index contributed by atoms with van der Waals surface area (Å²) in [5.41, 5.74) is 9.37. The SMILES string of the molecule is Cc1cc(-c2ccc(CS(=O)(=O)c3ccccn3)c(F)c2)nc2cnc(NC3CCC(N)CC3)nc12. The summed E-state index contributed by atoms with van der Waals surface area (Å²) in [6.45, 7) is 1.92. The van der Waals surface area contributed by atoms with Crippen molar-refractivity contribution in [1.29, 1.82) is 0 Å². The highest BCUT2D eigenvalue weighted by molar-refractivity contribution is 7.90. The Morgan fingerprint density at radius 1 is 1.06 bits per heavy atom. The first kappa shape index (κ1) is 24.2. The molecule has 0 spiro atoms. The smallest absolute Gasteiger partial charge is 0.223 e. The van der Waals surface area contributed by atoms with Gasteiger partial charge in [-0.15, -0.1) is 0 Å². The van der Waals surface area contributed by atoms with Gasteiger partial charge in [0.05, 0.1) is 23.2 Å². The molecule has 3 N–H and O–H groups in total. The van der Waals surface area contributed by atoms with Crippen LogP contribution in [-0.4, -0.2) is 40.4 Å². The second kappa shape index (κ2) is 9.87. The van der Waals surface area contributed by atoms with E-state index in [1.807, 2.05) is 13.0 Å². The van der Waals surface area contributed by atoms with Gasteiger partial charge in [-0.05, 0) is 62.4 Å². The first-order chi connectivity index (χ1) is 17.3. The van der Waals surface area contributed by atoms with Gasteiger partial charge in [0.1, 0.15) is 11.3 Å². The molecule has 3 heterocycles. The molecule has 0 atom stereocenters. The molecule has 1 aromatic carbocycles. The molecule has 4 aromatic rings. The summed E-state index contributed by atoms with van der Waals surface area (Å²) in [7, 11) is -3.76. The Hall–Kier alpha value is -3.50. The Kier molecular flexibility index (Phi) is 6.63. The van der Waals surface area contributed by atoms with Crippen LogP contribution in [0.25, 0.3) is 22.3 Å². The number of hydrogen-bond acceptors (Lipinski definition) is 8. The second-order valence-electron chi connectivity index (χ2n) is 9.24. The number of fused-ring (bicyclic) bond motifs is 1. The highest BCUT2D eigenvalue weighted by Gasteiger charge is 2.21. The minimum Gasteiger partial charge on any atom is -0.351 e. The summed E-state index contributed by atoms with van der Waals surface area (Å²) in [5.74, 6) is -0.531.